The summed E-state index contributed by atoms with van der Waals surface area (Å²) in [5.41, 5.74) is 0.593. The Kier molecular flexibility index (Phi) is 6.39. The monoisotopic (exact) mass is 342 g/mol. The van der Waals surface area contributed by atoms with Crippen LogP contribution in [-0.2, 0) is 4.79 Å². The van der Waals surface area contributed by atoms with Gasteiger partial charge in [-0.3, -0.25) is 4.79 Å². The Morgan fingerprint density at radius 2 is 1.60 bits per heavy atom. The van der Waals surface area contributed by atoms with E-state index in [9.17, 15) is 9.59 Å². The van der Waals surface area contributed by atoms with Gasteiger partial charge in [-0.1, -0.05) is 32.0 Å². The lowest BCUT2D eigenvalue weighted by Crippen LogP contribution is -2.42. The number of hydrogen-bond acceptors (Lipinski definition) is 3. The van der Waals surface area contributed by atoms with Gasteiger partial charge in [0.15, 0.2) is 0 Å². The molecule has 2 aromatic carbocycles. The second-order valence-corrected chi connectivity index (χ2v) is 5.99. The predicted octanol–water partition coefficient (Wildman–Crippen LogP) is 4.10. The van der Waals surface area contributed by atoms with Crippen molar-refractivity contribution in [3.8, 4) is 11.5 Å². The van der Waals surface area contributed by atoms with Crippen LogP contribution in [0.25, 0.3) is 0 Å². The van der Waals surface area contributed by atoms with Crippen LogP contribution >= 0.6 is 0 Å². The lowest BCUT2D eigenvalue weighted by molar-refractivity contribution is -0.137. The van der Waals surface area contributed by atoms with Gasteiger partial charge >= 0.3 is 12.0 Å². The zero-order chi connectivity index (χ0) is 18.2. The number of benzene rings is 2. The molecule has 1 atom stereocenters. The lowest BCUT2D eigenvalue weighted by atomic mass is 10.0. The van der Waals surface area contributed by atoms with E-state index in [2.05, 4.69) is 10.6 Å². The van der Waals surface area contributed by atoms with Crippen LogP contribution in [0, 0.1) is 5.92 Å². The normalized spacial score (nSPS) is 11.6. The third kappa shape index (κ3) is 6.18. The molecule has 25 heavy (non-hydrogen) atoms. The summed E-state index contributed by atoms with van der Waals surface area (Å²) in [6.45, 7) is 3.73. The maximum atomic E-state index is 12.0. The van der Waals surface area contributed by atoms with Crippen molar-refractivity contribution in [2.24, 2.45) is 5.92 Å². The van der Waals surface area contributed by atoms with Crippen LogP contribution in [0.15, 0.2) is 54.6 Å². The first kappa shape index (κ1) is 18.3. The minimum Gasteiger partial charge on any atom is -0.481 e. The van der Waals surface area contributed by atoms with Crippen molar-refractivity contribution in [3.63, 3.8) is 0 Å². The number of carboxylic acid groups (broad SMARTS) is 1. The Morgan fingerprint density at radius 1 is 1.00 bits per heavy atom. The van der Waals surface area contributed by atoms with Gasteiger partial charge in [-0.15, -0.1) is 0 Å². The van der Waals surface area contributed by atoms with Gasteiger partial charge in [0.2, 0.25) is 0 Å². The van der Waals surface area contributed by atoms with Gasteiger partial charge in [0, 0.05) is 11.7 Å². The smallest absolute Gasteiger partial charge is 0.319 e. The molecule has 3 N–H and O–H groups in total. The summed E-state index contributed by atoms with van der Waals surface area (Å²) in [5, 5.41) is 14.3. The Labute approximate surface area is 146 Å². The number of rotatable bonds is 7. The topological polar surface area (TPSA) is 87.7 Å². The summed E-state index contributed by atoms with van der Waals surface area (Å²) < 4.78 is 5.68. The Morgan fingerprint density at radius 3 is 2.16 bits per heavy atom. The highest BCUT2D eigenvalue weighted by Crippen LogP contribution is 2.22. The number of carbonyl (C=O) groups excluding carboxylic acids is 1. The zero-order valence-electron chi connectivity index (χ0n) is 14.2. The average Bonchev–Trinajstić information content (AvgIpc) is 2.56. The number of anilines is 1. The summed E-state index contributed by atoms with van der Waals surface area (Å²) in [4.78, 5) is 22.9. The zero-order valence-corrected chi connectivity index (χ0v) is 14.2. The first-order chi connectivity index (χ1) is 11.9. The quantitative estimate of drug-likeness (QED) is 0.707. The first-order valence-electron chi connectivity index (χ1n) is 8.06. The molecule has 0 bridgehead atoms. The number of amides is 2. The fourth-order valence-corrected chi connectivity index (χ4v) is 2.21. The molecule has 0 saturated carbocycles. The Bertz CT molecular complexity index is 699. The molecule has 2 amide bonds. The number of ether oxygens (including phenoxy) is 1. The number of urea groups is 1. The van der Waals surface area contributed by atoms with Crippen LogP contribution in [0.5, 0.6) is 11.5 Å². The molecular weight excluding hydrogens is 320 g/mol. The molecule has 0 aliphatic heterocycles. The summed E-state index contributed by atoms with van der Waals surface area (Å²) in [6.07, 6.45) is -0.116. The van der Waals surface area contributed by atoms with Crippen LogP contribution in [-0.4, -0.2) is 23.1 Å². The highest BCUT2D eigenvalue weighted by molar-refractivity contribution is 5.89. The van der Waals surface area contributed by atoms with E-state index < -0.39 is 18.0 Å². The Hall–Kier alpha value is -3.02. The number of hydrogen-bond donors (Lipinski definition) is 3. The molecule has 0 aromatic heterocycles. The minimum absolute atomic E-state index is 0.0171. The van der Waals surface area contributed by atoms with Gasteiger partial charge in [0.25, 0.3) is 0 Å². The fourth-order valence-electron chi connectivity index (χ4n) is 2.21. The van der Waals surface area contributed by atoms with Crippen LogP contribution < -0.4 is 15.4 Å². The molecule has 0 unspecified atom stereocenters. The van der Waals surface area contributed by atoms with E-state index in [1.165, 1.54) is 0 Å². The van der Waals surface area contributed by atoms with Crippen molar-refractivity contribution in [1.29, 1.82) is 0 Å². The molecule has 0 fully saturated rings. The summed E-state index contributed by atoms with van der Waals surface area (Å²) in [6, 6.07) is 15.5. The van der Waals surface area contributed by atoms with Gasteiger partial charge in [0.05, 0.1) is 6.42 Å². The van der Waals surface area contributed by atoms with E-state index in [1.54, 1.807) is 24.3 Å². The SMILES string of the molecule is CC(C)[C@@H](CC(=O)O)NC(=O)Nc1ccc(Oc2ccccc2)cc1. The molecule has 6 nitrogen and oxygen atoms in total. The highest BCUT2D eigenvalue weighted by atomic mass is 16.5. The minimum atomic E-state index is -0.943. The molecule has 0 saturated heterocycles. The molecule has 2 rings (SSSR count). The van der Waals surface area contributed by atoms with Crippen LogP contribution in [0.4, 0.5) is 10.5 Å². The second kappa shape index (κ2) is 8.73. The number of carbonyl (C=O) groups is 2. The standard InChI is InChI=1S/C19H22N2O4/c1-13(2)17(12-18(22)23)21-19(24)20-14-8-10-16(11-9-14)25-15-6-4-3-5-7-15/h3-11,13,17H,12H2,1-2H3,(H,22,23)(H2,20,21,24)/t17-/m1/s1. The van der Waals surface area contributed by atoms with Crippen LogP contribution in [0.3, 0.4) is 0 Å². The van der Waals surface area contributed by atoms with Gasteiger partial charge < -0.3 is 20.5 Å². The van der Waals surface area contributed by atoms with Gasteiger partial charge in [-0.25, -0.2) is 4.79 Å². The van der Waals surface area contributed by atoms with Crippen molar-refractivity contribution < 1.29 is 19.4 Å². The van der Waals surface area contributed by atoms with Crippen LogP contribution in [0.1, 0.15) is 20.3 Å². The molecule has 0 aliphatic carbocycles. The second-order valence-electron chi connectivity index (χ2n) is 5.99. The summed E-state index contributed by atoms with van der Waals surface area (Å²) >= 11 is 0. The largest absolute Gasteiger partial charge is 0.481 e. The number of para-hydroxylation sites is 1. The van der Waals surface area contributed by atoms with E-state index in [4.69, 9.17) is 9.84 Å². The van der Waals surface area contributed by atoms with E-state index >= 15 is 0 Å². The van der Waals surface area contributed by atoms with E-state index in [0.717, 1.165) is 5.75 Å². The molecule has 2 aromatic rings. The summed E-state index contributed by atoms with van der Waals surface area (Å²) in [7, 11) is 0. The Balaban J connectivity index is 1.91. The van der Waals surface area contributed by atoms with Gasteiger partial charge in [0.1, 0.15) is 11.5 Å². The number of carboxylic acids is 1. The van der Waals surface area contributed by atoms with Crippen molar-refractivity contribution in [2.45, 2.75) is 26.3 Å². The molecule has 0 aliphatic rings. The van der Waals surface area contributed by atoms with Crippen molar-refractivity contribution in [3.05, 3.63) is 54.6 Å². The molecule has 0 heterocycles. The maximum Gasteiger partial charge on any atom is 0.319 e. The third-order valence-corrected chi connectivity index (χ3v) is 3.61. The highest BCUT2D eigenvalue weighted by Gasteiger charge is 2.19. The molecule has 0 radical (unpaired) electrons. The number of aliphatic carboxylic acids is 1. The van der Waals surface area contributed by atoms with Crippen molar-refractivity contribution >= 4 is 17.7 Å². The van der Waals surface area contributed by atoms with E-state index in [-0.39, 0.29) is 12.3 Å². The average molecular weight is 342 g/mol. The third-order valence-electron chi connectivity index (χ3n) is 3.61. The fraction of sp³-hybridized carbons (Fsp3) is 0.263. The molecular formula is C19H22N2O4. The predicted molar refractivity (Wildman–Crippen MR) is 96.0 cm³/mol. The molecule has 132 valence electrons. The number of nitrogens with one attached hydrogen (secondary N) is 2. The van der Waals surface area contributed by atoms with Crippen molar-refractivity contribution in [1.82, 2.24) is 5.32 Å². The van der Waals surface area contributed by atoms with Crippen molar-refractivity contribution in [2.75, 3.05) is 5.32 Å². The first-order valence-corrected chi connectivity index (χ1v) is 8.06. The van der Waals surface area contributed by atoms with Gasteiger partial charge in [-0.2, -0.15) is 0 Å². The van der Waals surface area contributed by atoms with E-state index in [0.29, 0.717) is 11.4 Å². The molecule has 0 spiro atoms. The summed E-state index contributed by atoms with van der Waals surface area (Å²) in [5.74, 6) is 0.461. The lowest BCUT2D eigenvalue weighted by Gasteiger charge is -2.20. The molecule has 6 heteroatoms. The van der Waals surface area contributed by atoms with Gasteiger partial charge in [-0.05, 0) is 42.3 Å². The van der Waals surface area contributed by atoms with E-state index in [1.807, 2.05) is 44.2 Å². The maximum absolute atomic E-state index is 12.0. The van der Waals surface area contributed by atoms with Crippen LogP contribution in [0.2, 0.25) is 0 Å².